The van der Waals surface area contributed by atoms with Gasteiger partial charge < -0.3 is 15.5 Å². The van der Waals surface area contributed by atoms with Crippen LogP contribution in [-0.4, -0.2) is 39.6 Å². The van der Waals surface area contributed by atoms with E-state index in [2.05, 4.69) is 28.8 Å². The average molecular weight is 247 g/mol. The first-order valence-electron chi connectivity index (χ1n) is 6.47. The summed E-state index contributed by atoms with van der Waals surface area (Å²) < 4.78 is 0. The number of carbonyl (C=O) groups is 1. The number of amides is 1. The summed E-state index contributed by atoms with van der Waals surface area (Å²) in [7, 11) is 3.86. The Bertz CT molecular complexity index is 431. The SMILES string of the molecule is CNCCc1ccc2c(c1)CC(=O)N2CCNC. The van der Waals surface area contributed by atoms with Gasteiger partial charge in [-0.3, -0.25) is 4.79 Å². The Morgan fingerprint density at radius 3 is 2.72 bits per heavy atom. The van der Waals surface area contributed by atoms with Crippen molar-refractivity contribution in [3.8, 4) is 0 Å². The number of benzene rings is 1. The molecule has 0 saturated carbocycles. The molecule has 1 aromatic rings. The van der Waals surface area contributed by atoms with Crippen molar-refractivity contribution in [3.05, 3.63) is 29.3 Å². The smallest absolute Gasteiger partial charge is 0.231 e. The molecule has 0 fully saturated rings. The van der Waals surface area contributed by atoms with Crippen LogP contribution in [0.4, 0.5) is 5.69 Å². The quantitative estimate of drug-likeness (QED) is 0.772. The van der Waals surface area contributed by atoms with E-state index in [0.717, 1.165) is 31.7 Å². The van der Waals surface area contributed by atoms with E-state index in [-0.39, 0.29) is 5.91 Å². The molecule has 18 heavy (non-hydrogen) atoms. The largest absolute Gasteiger partial charge is 0.319 e. The summed E-state index contributed by atoms with van der Waals surface area (Å²) in [4.78, 5) is 13.8. The van der Waals surface area contributed by atoms with Gasteiger partial charge in [0.15, 0.2) is 0 Å². The molecule has 4 nitrogen and oxygen atoms in total. The summed E-state index contributed by atoms with van der Waals surface area (Å²) in [6.07, 6.45) is 1.56. The predicted molar refractivity (Wildman–Crippen MR) is 74.1 cm³/mol. The molecule has 1 amide bonds. The second-order valence-electron chi connectivity index (χ2n) is 4.64. The molecule has 1 aliphatic heterocycles. The highest BCUT2D eigenvalue weighted by Crippen LogP contribution is 2.29. The zero-order chi connectivity index (χ0) is 13.0. The maximum absolute atomic E-state index is 11.9. The molecule has 4 heteroatoms. The monoisotopic (exact) mass is 247 g/mol. The highest BCUT2D eigenvalue weighted by atomic mass is 16.2. The van der Waals surface area contributed by atoms with Crippen molar-refractivity contribution >= 4 is 11.6 Å². The van der Waals surface area contributed by atoms with Gasteiger partial charge in [0.05, 0.1) is 6.42 Å². The molecule has 1 aliphatic rings. The predicted octanol–water partition coefficient (Wildman–Crippen LogP) is 0.557. The van der Waals surface area contributed by atoms with E-state index in [1.54, 1.807) is 0 Å². The lowest BCUT2D eigenvalue weighted by atomic mass is 10.1. The van der Waals surface area contributed by atoms with Crippen LogP contribution in [0.3, 0.4) is 0 Å². The lowest BCUT2D eigenvalue weighted by Gasteiger charge is -2.17. The summed E-state index contributed by atoms with van der Waals surface area (Å²) in [6, 6.07) is 6.38. The highest BCUT2D eigenvalue weighted by molar-refractivity contribution is 6.01. The third-order valence-corrected chi connectivity index (χ3v) is 3.33. The second-order valence-corrected chi connectivity index (χ2v) is 4.64. The fourth-order valence-corrected chi connectivity index (χ4v) is 2.33. The number of rotatable bonds is 6. The molecular weight excluding hydrogens is 226 g/mol. The van der Waals surface area contributed by atoms with Gasteiger partial charge in [-0.1, -0.05) is 12.1 Å². The molecule has 0 aliphatic carbocycles. The number of likely N-dealkylation sites (N-methyl/N-ethyl adjacent to an activating group) is 2. The molecule has 0 saturated heterocycles. The Balaban J connectivity index is 2.13. The van der Waals surface area contributed by atoms with Gasteiger partial charge in [-0.2, -0.15) is 0 Å². The normalized spacial score (nSPS) is 14.1. The number of nitrogens with zero attached hydrogens (tertiary/aromatic N) is 1. The molecule has 0 aromatic heterocycles. The Kier molecular flexibility index (Phi) is 4.33. The van der Waals surface area contributed by atoms with Crippen molar-refractivity contribution < 1.29 is 4.79 Å². The topological polar surface area (TPSA) is 44.4 Å². The zero-order valence-corrected chi connectivity index (χ0v) is 11.1. The van der Waals surface area contributed by atoms with E-state index < -0.39 is 0 Å². The maximum atomic E-state index is 11.9. The molecule has 0 bridgehead atoms. The van der Waals surface area contributed by atoms with E-state index in [0.29, 0.717) is 6.42 Å². The minimum absolute atomic E-state index is 0.214. The molecular formula is C14H21N3O. The summed E-state index contributed by atoms with van der Waals surface area (Å²) in [6.45, 7) is 2.54. The van der Waals surface area contributed by atoms with Gasteiger partial charge in [0.25, 0.3) is 0 Å². The summed E-state index contributed by atoms with van der Waals surface area (Å²) in [5.74, 6) is 0.214. The van der Waals surface area contributed by atoms with Gasteiger partial charge >= 0.3 is 0 Å². The number of fused-ring (bicyclic) bond motifs is 1. The average Bonchev–Trinajstić information content (AvgIpc) is 2.68. The van der Waals surface area contributed by atoms with Crippen LogP contribution in [-0.2, 0) is 17.6 Å². The number of anilines is 1. The first kappa shape index (κ1) is 13.1. The minimum atomic E-state index is 0.214. The van der Waals surface area contributed by atoms with Crippen molar-refractivity contribution in [2.24, 2.45) is 0 Å². The maximum Gasteiger partial charge on any atom is 0.231 e. The zero-order valence-electron chi connectivity index (χ0n) is 11.1. The van der Waals surface area contributed by atoms with Gasteiger partial charge in [0, 0.05) is 18.8 Å². The van der Waals surface area contributed by atoms with Gasteiger partial charge in [0.2, 0.25) is 5.91 Å². The third kappa shape index (κ3) is 2.71. The molecule has 2 N–H and O–H groups in total. The van der Waals surface area contributed by atoms with Crippen molar-refractivity contribution in [1.29, 1.82) is 0 Å². The van der Waals surface area contributed by atoms with Crippen LogP contribution in [0, 0.1) is 0 Å². The van der Waals surface area contributed by atoms with E-state index in [9.17, 15) is 4.79 Å². The van der Waals surface area contributed by atoms with Crippen molar-refractivity contribution in [2.75, 3.05) is 38.6 Å². The van der Waals surface area contributed by atoms with Gasteiger partial charge in [-0.05, 0) is 44.3 Å². The van der Waals surface area contributed by atoms with Crippen LogP contribution in [0.1, 0.15) is 11.1 Å². The van der Waals surface area contributed by atoms with Crippen LogP contribution in [0.25, 0.3) is 0 Å². The van der Waals surface area contributed by atoms with Crippen LogP contribution >= 0.6 is 0 Å². The minimum Gasteiger partial charge on any atom is -0.319 e. The fourth-order valence-electron chi connectivity index (χ4n) is 2.33. The molecule has 1 heterocycles. The van der Waals surface area contributed by atoms with Crippen LogP contribution in [0.15, 0.2) is 18.2 Å². The Morgan fingerprint density at radius 1 is 1.22 bits per heavy atom. The Morgan fingerprint density at radius 2 is 2.00 bits per heavy atom. The highest BCUT2D eigenvalue weighted by Gasteiger charge is 2.26. The van der Waals surface area contributed by atoms with Gasteiger partial charge in [-0.15, -0.1) is 0 Å². The van der Waals surface area contributed by atoms with E-state index >= 15 is 0 Å². The number of carbonyl (C=O) groups excluding carboxylic acids is 1. The molecule has 0 radical (unpaired) electrons. The summed E-state index contributed by atoms with van der Waals surface area (Å²) in [5.41, 5.74) is 3.56. The van der Waals surface area contributed by atoms with Gasteiger partial charge in [-0.25, -0.2) is 0 Å². The lowest BCUT2D eigenvalue weighted by molar-refractivity contribution is -0.117. The molecule has 0 spiro atoms. The van der Waals surface area contributed by atoms with E-state index in [1.165, 1.54) is 11.1 Å². The van der Waals surface area contributed by atoms with Crippen LogP contribution in [0.5, 0.6) is 0 Å². The first-order valence-corrected chi connectivity index (χ1v) is 6.47. The second kappa shape index (κ2) is 5.98. The van der Waals surface area contributed by atoms with E-state index in [4.69, 9.17) is 0 Å². The van der Waals surface area contributed by atoms with Crippen molar-refractivity contribution in [3.63, 3.8) is 0 Å². The fraction of sp³-hybridized carbons (Fsp3) is 0.500. The lowest BCUT2D eigenvalue weighted by Crippen LogP contribution is -2.33. The number of hydrogen-bond donors (Lipinski definition) is 2. The van der Waals surface area contributed by atoms with Crippen molar-refractivity contribution in [1.82, 2.24) is 10.6 Å². The summed E-state index contributed by atoms with van der Waals surface area (Å²) >= 11 is 0. The van der Waals surface area contributed by atoms with Crippen LogP contribution < -0.4 is 15.5 Å². The summed E-state index contributed by atoms with van der Waals surface area (Å²) in [5, 5.41) is 6.23. The Labute approximate surface area is 108 Å². The van der Waals surface area contributed by atoms with E-state index in [1.807, 2.05) is 19.0 Å². The van der Waals surface area contributed by atoms with Crippen LogP contribution in [0.2, 0.25) is 0 Å². The molecule has 0 atom stereocenters. The third-order valence-electron chi connectivity index (χ3n) is 3.33. The molecule has 2 rings (SSSR count). The molecule has 98 valence electrons. The standard InChI is InChI=1S/C14H21N3O/c1-15-6-5-11-3-4-13-12(9-11)10-14(18)17(13)8-7-16-2/h3-4,9,15-16H,5-8,10H2,1-2H3. The van der Waals surface area contributed by atoms with Crippen molar-refractivity contribution in [2.45, 2.75) is 12.8 Å². The Hall–Kier alpha value is -1.39. The number of nitrogens with one attached hydrogen (secondary N) is 2. The first-order chi connectivity index (χ1) is 8.76. The molecule has 1 aromatic carbocycles. The van der Waals surface area contributed by atoms with Gasteiger partial charge in [0.1, 0.15) is 0 Å². The number of hydrogen-bond acceptors (Lipinski definition) is 3. The molecule has 0 unspecified atom stereocenters.